The van der Waals surface area contributed by atoms with Crippen LogP contribution >= 0.6 is 0 Å². The highest BCUT2D eigenvalue weighted by molar-refractivity contribution is 6.08. The molecule has 0 aliphatic rings. The van der Waals surface area contributed by atoms with Gasteiger partial charge in [-0.3, -0.25) is 14.6 Å². The van der Waals surface area contributed by atoms with E-state index in [0.29, 0.717) is 17.0 Å². The molecule has 0 fully saturated rings. The van der Waals surface area contributed by atoms with E-state index >= 15 is 0 Å². The maximum absolute atomic E-state index is 12.5. The van der Waals surface area contributed by atoms with Gasteiger partial charge in [-0.15, -0.1) is 0 Å². The normalized spacial score (nSPS) is 10.3. The number of primary amides is 1. The molecule has 120 valence electrons. The number of amides is 2. The zero-order valence-corrected chi connectivity index (χ0v) is 12.7. The molecule has 3 rings (SSSR count). The number of hydrogen-bond acceptors (Lipinski definition) is 4. The molecule has 2 amide bonds. The van der Waals surface area contributed by atoms with E-state index in [2.05, 4.69) is 10.3 Å². The zero-order valence-electron chi connectivity index (χ0n) is 12.7. The van der Waals surface area contributed by atoms with E-state index < -0.39 is 5.91 Å². The molecule has 2 aromatic carbocycles. The summed E-state index contributed by atoms with van der Waals surface area (Å²) in [4.78, 5) is 27.5. The molecule has 0 atom stereocenters. The van der Waals surface area contributed by atoms with Crippen LogP contribution in [0.3, 0.4) is 0 Å². The van der Waals surface area contributed by atoms with Crippen molar-refractivity contribution in [1.29, 1.82) is 0 Å². The summed E-state index contributed by atoms with van der Waals surface area (Å²) in [7, 11) is 0. The van der Waals surface area contributed by atoms with Gasteiger partial charge in [-0.25, -0.2) is 0 Å². The summed E-state index contributed by atoms with van der Waals surface area (Å²) in [6.45, 7) is -0.236. The average Bonchev–Trinajstić information content (AvgIpc) is 2.60. The van der Waals surface area contributed by atoms with Crippen LogP contribution in [0.25, 0.3) is 10.9 Å². The van der Waals surface area contributed by atoms with Crippen molar-refractivity contribution >= 4 is 28.4 Å². The molecule has 0 saturated carbocycles. The van der Waals surface area contributed by atoms with Crippen LogP contribution in [0.1, 0.15) is 10.4 Å². The predicted molar refractivity (Wildman–Crippen MR) is 90.8 cm³/mol. The minimum absolute atomic E-state index is 0.236. The van der Waals surface area contributed by atoms with Gasteiger partial charge in [0.05, 0.1) is 11.2 Å². The second kappa shape index (κ2) is 6.78. The Morgan fingerprint density at radius 1 is 1.08 bits per heavy atom. The fourth-order valence-corrected chi connectivity index (χ4v) is 2.29. The van der Waals surface area contributed by atoms with Crippen molar-refractivity contribution in [2.75, 3.05) is 11.9 Å². The zero-order chi connectivity index (χ0) is 16.9. The third kappa shape index (κ3) is 3.49. The molecule has 0 unspecified atom stereocenters. The summed E-state index contributed by atoms with van der Waals surface area (Å²) in [5.74, 6) is -0.454. The Kier molecular flexibility index (Phi) is 4.38. The van der Waals surface area contributed by atoms with Crippen molar-refractivity contribution in [2.45, 2.75) is 0 Å². The number of anilines is 1. The van der Waals surface area contributed by atoms with Crippen LogP contribution in [0.4, 0.5) is 5.69 Å². The summed E-state index contributed by atoms with van der Waals surface area (Å²) in [5, 5.41) is 3.72. The van der Waals surface area contributed by atoms with Crippen LogP contribution in [0, 0.1) is 0 Å². The van der Waals surface area contributed by atoms with Crippen LogP contribution in [0.15, 0.2) is 60.8 Å². The number of rotatable bonds is 5. The molecule has 1 heterocycles. The van der Waals surface area contributed by atoms with Gasteiger partial charge >= 0.3 is 0 Å². The van der Waals surface area contributed by atoms with Crippen molar-refractivity contribution in [3.8, 4) is 5.75 Å². The van der Waals surface area contributed by atoms with Crippen LogP contribution in [-0.4, -0.2) is 23.4 Å². The smallest absolute Gasteiger partial charge is 0.255 e. The van der Waals surface area contributed by atoms with Crippen LogP contribution in [-0.2, 0) is 4.79 Å². The molecular weight excluding hydrogens is 306 g/mol. The Morgan fingerprint density at radius 2 is 1.92 bits per heavy atom. The quantitative estimate of drug-likeness (QED) is 0.754. The molecule has 0 spiro atoms. The first-order chi connectivity index (χ1) is 11.6. The highest BCUT2D eigenvalue weighted by Gasteiger charge is 2.10. The summed E-state index contributed by atoms with van der Waals surface area (Å²) in [6, 6.07) is 15.8. The number of carbonyl (C=O) groups excluding carboxylic acids is 2. The molecule has 3 aromatic rings. The predicted octanol–water partition coefficient (Wildman–Crippen LogP) is 2.35. The third-order valence-electron chi connectivity index (χ3n) is 3.37. The van der Waals surface area contributed by atoms with Crippen molar-refractivity contribution in [2.24, 2.45) is 5.73 Å². The maximum atomic E-state index is 12.5. The SMILES string of the molecule is NC(=O)COc1cccc(C(=O)Nc2cccc3ncccc23)c1. The molecule has 0 aliphatic heterocycles. The number of hydrogen-bond donors (Lipinski definition) is 2. The van der Waals surface area contributed by atoms with E-state index in [1.807, 2.05) is 30.3 Å². The highest BCUT2D eigenvalue weighted by atomic mass is 16.5. The van der Waals surface area contributed by atoms with Crippen molar-refractivity contribution in [3.05, 3.63) is 66.4 Å². The van der Waals surface area contributed by atoms with Gasteiger partial charge in [-0.05, 0) is 42.5 Å². The molecule has 0 saturated heterocycles. The summed E-state index contributed by atoms with van der Waals surface area (Å²) in [5.41, 5.74) is 6.93. The van der Waals surface area contributed by atoms with Crippen LogP contribution in [0.5, 0.6) is 5.75 Å². The first-order valence-electron chi connectivity index (χ1n) is 7.30. The van der Waals surface area contributed by atoms with Crippen LogP contribution < -0.4 is 15.8 Å². The Labute approximate surface area is 138 Å². The lowest BCUT2D eigenvalue weighted by molar-refractivity contribution is -0.119. The van der Waals surface area contributed by atoms with Gasteiger partial charge in [-0.2, -0.15) is 0 Å². The Bertz CT molecular complexity index is 903. The molecular formula is C18H15N3O3. The number of aromatic nitrogens is 1. The molecule has 3 N–H and O–H groups in total. The fraction of sp³-hybridized carbons (Fsp3) is 0.0556. The Balaban J connectivity index is 1.82. The highest BCUT2D eigenvalue weighted by Crippen LogP contribution is 2.22. The monoisotopic (exact) mass is 321 g/mol. The largest absolute Gasteiger partial charge is 0.484 e. The minimum atomic E-state index is -0.576. The van der Waals surface area contributed by atoms with E-state index in [-0.39, 0.29) is 12.5 Å². The van der Waals surface area contributed by atoms with E-state index in [1.165, 1.54) is 0 Å². The van der Waals surface area contributed by atoms with E-state index in [9.17, 15) is 9.59 Å². The molecule has 6 nitrogen and oxygen atoms in total. The lowest BCUT2D eigenvalue weighted by Crippen LogP contribution is -2.20. The lowest BCUT2D eigenvalue weighted by atomic mass is 10.1. The van der Waals surface area contributed by atoms with Gasteiger partial charge < -0.3 is 15.8 Å². The van der Waals surface area contributed by atoms with E-state index in [4.69, 9.17) is 10.5 Å². The van der Waals surface area contributed by atoms with E-state index in [0.717, 1.165) is 10.9 Å². The van der Waals surface area contributed by atoms with Crippen LogP contribution in [0.2, 0.25) is 0 Å². The maximum Gasteiger partial charge on any atom is 0.255 e. The number of nitrogens with two attached hydrogens (primary N) is 1. The van der Waals surface area contributed by atoms with E-state index in [1.54, 1.807) is 30.5 Å². The van der Waals surface area contributed by atoms with Gasteiger partial charge in [-0.1, -0.05) is 12.1 Å². The summed E-state index contributed by atoms with van der Waals surface area (Å²) in [6.07, 6.45) is 1.70. The van der Waals surface area contributed by atoms with Crippen molar-refractivity contribution in [1.82, 2.24) is 4.98 Å². The number of nitrogens with one attached hydrogen (secondary N) is 1. The second-order valence-corrected chi connectivity index (χ2v) is 5.11. The molecule has 6 heteroatoms. The van der Waals surface area contributed by atoms with Gasteiger partial charge in [0.1, 0.15) is 5.75 Å². The molecule has 1 aromatic heterocycles. The van der Waals surface area contributed by atoms with Crippen molar-refractivity contribution < 1.29 is 14.3 Å². The van der Waals surface area contributed by atoms with Gasteiger partial charge in [0.2, 0.25) is 0 Å². The van der Waals surface area contributed by atoms with Gasteiger partial charge in [0, 0.05) is 17.1 Å². The second-order valence-electron chi connectivity index (χ2n) is 5.11. The standard InChI is InChI=1S/C18H15N3O3/c19-17(22)11-24-13-5-1-4-12(10-13)18(23)21-16-8-2-7-15-14(16)6-3-9-20-15/h1-10H,11H2,(H2,19,22)(H,21,23). The number of carbonyl (C=O) groups is 2. The van der Waals surface area contributed by atoms with Gasteiger partial charge in [0.25, 0.3) is 11.8 Å². The summed E-state index contributed by atoms with van der Waals surface area (Å²) >= 11 is 0. The molecule has 0 bridgehead atoms. The number of benzene rings is 2. The number of ether oxygens (including phenoxy) is 1. The minimum Gasteiger partial charge on any atom is -0.484 e. The molecule has 0 aliphatic carbocycles. The third-order valence-corrected chi connectivity index (χ3v) is 3.37. The Morgan fingerprint density at radius 3 is 2.75 bits per heavy atom. The Hall–Kier alpha value is -3.41. The fourth-order valence-electron chi connectivity index (χ4n) is 2.29. The summed E-state index contributed by atoms with van der Waals surface area (Å²) < 4.78 is 5.21. The van der Waals surface area contributed by atoms with Gasteiger partial charge in [0.15, 0.2) is 6.61 Å². The topological polar surface area (TPSA) is 94.3 Å². The first kappa shape index (κ1) is 15.5. The average molecular weight is 321 g/mol. The lowest BCUT2D eigenvalue weighted by Gasteiger charge is -2.09. The number of fused-ring (bicyclic) bond motifs is 1. The first-order valence-corrected chi connectivity index (χ1v) is 7.30. The molecule has 0 radical (unpaired) electrons. The molecule has 24 heavy (non-hydrogen) atoms. The number of pyridine rings is 1. The van der Waals surface area contributed by atoms with Crippen molar-refractivity contribution in [3.63, 3.8) is 0 Å². The number of nitrogens with zero attached hydrogens (tertiary/aromatic N) is 1.